The van der Waals surface area contributed by atoms with Gasteiger partial charge in [0.2, 0.25) is 0 Å². The molecule has 2 nitrogen and oxygen atoms in total. The zero-order valence-electron chi connectivity index (χ0n) is 9.50. The molecule has 0 aliphatic heterocycles. The maximum Gasteiger partial charge on any atom is 0.0732 e. The van der Waals surface area contributed by atoms with E-state index in [2.05, 4.69) is 15.9 Å². The lowest BCUT2D eigenvalue weighted by atomic mass is 10.2. The fourth-order valence-electron chi connectivity index (χ4n) is 1.16. The smallest absolute Gasteiger partial charge is 0.0732 e. The van der Waals surface area contributed by atoms with Crippen LogP contribution in [0.1, 0.15) is 19.4 Å². The molecule has 0 saturated carbocycles. The van der Waals surface area contributed by atoms with E-state index in [0.29, 0.717) is 19.8 Å². The number of halogens is 2. The van der Waals surface area contributed by atoms with Gasteiger partial charge in [0.1, 0.15) is 0 Å². The van der Waals surface area contributed by atoms with Crippen molar-refractivity contribution in [2.45, 2.75) is 26.6 Å². The average Bonchev–Trinajstić information content (AvgIpc) is 2.20. The third-order valence-electron chi connectivity index (χ3n) is 1.95. The number of rotatable bonds is 6. The highest BCUT2D eigenvalue weighted by atomic mass is 79.9. The molecule has 0 unspecified atom stereocenters. The minimum Gasteiger partial charge on any atom is -0.376 e. The monoisotopic (exact) mass is 306 g/mol. The van der Waals surface area contributed by atoms with Gasteiger partial charge in [0.15, 0.2) is 0 Å². The van der Waals surface area contributed by atoms with Crippen LogP contribution < -0.4 is 0 Å². The molecule has 0 aliphatic carbocycles. The summed E-state index contributed by atoms with van der Waals surface area (Å²) in [6.45, 7) is 5.74. The van der Waals surface area contributed by atoms with Crippen LogP contribution in [0, 0.1) is 0 Å². The lowest BCUT2D eigenvalue weighted by Crippen LogP contribution is -2.09. The molecule has 0 atom stereocenters. The van der Waals surface area contributed by atoms with Crippen molar-refractivity contribution in [3.63, 3.8) is 0 Å². The van der Waals surface area contributed by atoms with Gasteiger partial charge in [-0.3, -0.25) is 0 Å². The Bertz CT molecular complexity index is 329. The minimum absolute atomic E-state index is 0.250. The molecular weight excluding hydrogens is 291 g/mol. The lowest BCUT2D eigenvalue weighted by Gasteiger charge is -2.09. The predicted octanol–water partition coefficient (Wildman–Crippen LogP) is 4.04. The van der Waals surface area contributed by atoms with Crippen LogP contribution in [0.2, 0.25) is 5.02 Å². The SMILES string of the molecule is CC(C)OCCOCc1ccc(Br)cc1Cl. The van der Waals surface area contributed by atoms with E-state index in [-0.39, 0.29) is 6.10 Å². The van der Waals surface area contributed by atoms with E-state index in [0.717, 1.165) is 15.1 Å². The van der Waals surface area contributed by atoms with Gasteiger partial charge >= 0.3 is 0 Å². The summed E-state index contributed by atoms with van der Waals surface area (Å²) in [5.74, 6) is 0. The summed E-state index contributed by atoms with van der Waals surface area (Å²) in [6.07, 6.45) is 0.250. The summed E-state index contributed by atoms with van der Waals surface area (Å²) in [7, 11) is 0. The third kappa shape index (κ3) is 5.30. The Labute approximate surface area is 110 Å². The Morgan fingerprint density at radius 2 is 2.06 bits per heavy atom. The van der Waals surface area contributed by atoms with Crippen molar-refractivity contribution in [2.75, 3.05) is 13.2 Å². The molecule has 0 saturated heterocycles. The van der Waals surface area contributed by atoms with Crippen molar-refractivity contribution in [3.05, 3.63) is 33.3 Å². The highest BCUT2D eigenvalue weighted by Gasteiger charge is 2.01. The van der Waals surface area contributed by atoms with Crippen molar-refractivity contribution in [2.24, 2.45) is 0 Å². The van der Waals surface area contributed by atoms with Crippen molar-refractivity contribution in [1.82, 2.24) is 0 Å². The Kier molecular flexibility index (Phi) is 6.36. The predicted molar refractivity (Wildman–Crippen MR) is 69.9 cm³/mol. The van der Waals surface area contributed by atoms with Gasteiger partial charge in [-0.25, -0.2) is 0 Å². The largest absolute Gasteiger partial charge is 0.376 e. The van der Waals surface area contributed by atoms with E-state index in [1.165, 1.54) is 0 Å². The van der Waals surface area contributed by atoms with Crippen molar-refractivity contribution in [3.8, 4) is 0 Å². The number of benzene rings is 1. The third-order valence-corrected chi connectivity index (χ3v) is 2.80. The van der Waals surface area contributed by atoms with E-state index in [1.807, 2.05) is 32.0 Å². The van der Waals surface area contributed by atoms with Crippen LogP contribution in [0.3, 0.4) is 0 Å². The first-order chi connectivity index (χ1) is 7.59. The molecule has 1 aromatic carbocycles. The van der Waals surface area contributed by atoms with Crippen LogP contribution in [-0.2, 0) is 16.1 Å². The topological polar surface area (TPSA) is 18.5 Å². The Balaban J connectivity index is 2.27. The molecule has 1 aromatic rings. The van der Waals surface area contributed by atoms with Gasteiger partial charge in [-0.15, -0.1) is 0 Å². The van der Waals surface area contributed by atoms with Gasteiger partial charge in [-0.05, 0) is 31.5 Å². The quantitative estimate of drug-likeness (QED) is 0.738. The molecule has 0 aromatic heterocycles. The molecular formula is C12H16BrClO2. The molecule has 90 valence electrons. The van der Waals surface area contributed by atoms with Crippen molar-refractivity contribution in [1.29, 1.82) is 0 Å². The highest BCUT2D eigenvalue weighted by Crippen LogP contribution is 2.21. The first-order valence-electron chi connectivity index (χ1n) is 5.23. The number of hydrogen-bond donors (Lipinski definition) is 0. The van der Waals surface area contributed by atoms with E-state index >= 15 is 0 Å². The molecule has 0 aliphatic rings. The summed E-state index contributed by atoms with van der Waals surface area (Å²) in [5, 5.41) is 0.721. The molecule has 0 amide bonds. The molecule has 0 bridgehead atoms. The normalized spacial score (nSPS) is 11.1. The molecule has 0 fully saturated rings. The van der Waals surface area contributed by atoms with Gasteiger partial charge in [0, 0.05) is 9.50 Å². The molecule has 0 N–H and O–H groups in total. The van der Waals surface area contributed by atoms with E-state index in [9.17, 15) is 0 Å². The number of hydrogen-bond acceptors (Lipinski definition) is 2. The van der Waals surface area contributed by atoms with E-state index < -0.39 is 0 Å². The maximum atomic E-state index is 6.05. The second-order valence-electron chi connectivity index (χ2n) is 3.71. The summed E-state index contributed by atoms with van der Waals surface area (Å²) in [4.78, 5) is 0. The van der Waals surface area contributed by atoms with Crippen LogP contribution in [0.25, 0.3) is 0 Å². The maximum absolute atomic E-state index is 6.05. The molecule has 0 heterocycles. The van der Waals surface area contributed by atoms with E-state index in [4.69, 9.17) is 21.1 Å². The van der Waals surface area contributed by atoms with E-state index in [1.54, 1.807) is 0 Å². The molecule has 4 heteroatoms. The zero-order chi connectivity index (χ0) is 12.0. The van der Waals surface area contributed by atoms with Crippen LogP contribution in [0.5, 0.6) is 0 Å². The summed E-state index contributed by atoms with van der Waals surface area (Å²) in [6, 6.07) is 5.77. The van der Waals surface area contributed by atoms with Crippen LogP contribution in [0.4, 0.5) is 0 Å². The highest BCUT2D eigenvalue weighted by molar-refractivity contribution is 9.10. The molecule has 0 spiro atoms. The first-order valence-corrected chi connectivity index (χ1v) is 6.40. The Morgan fingerprint density at radius 3 is 2.69 bits per heavy atom. The van der Waals surface area contributed by atoms with Gasteiger partial charge < -0.3 is 9.47 Å². The lowest BCUT2D eigenvalue weighted by molar-refractivity contribution is 0.0143. The second-order valence-corrected chi connectivity index (χ2v) is 5.03. The number of ether oxygens (including phenoxy) is 2. The second kappa shape index (κ2) is 7.28. The molecule has 1 rings (SSSR count). The first kappa shape index (κ1) is 14.0. The zero-order valence-corrected chi connectivity index (χ0v) is 11.8. The van der Waals surface area contributed by atoms with Gasteiger partial charge in [0.25, 0.3) is 0 Å². The fourth-order valence-corrected chi connectivity index (χ4v) is 1.89. The molecule has 16 heavy (non-hydrogen) atoms. The summed E-state index contributed by atoms with van der Waals surface area (Å²) in [5.41, 5.74) is 0.995. The van der Waals surface area contributed by atoms with Gasteiger partial charge in [-0.1, -0.05) is 33.6 Å². The molecule has 0 radical (unpaired) electrons. The Hall–Kier alpha value is -0.0900. The Morgan fingerprint density at radius 1 is 1.31 bits per heavy atom. The summed E-state index contributed by atoms with van der Waals surface area (Å²) < 4.78 is 11.8. The average molecular weight is 308 g/mol. The van der Waals surface area contributed by atoms with Crippen LogP contribution in [0.15, 0.2) is 22.7 Å². The van der Waals surface area contributed by atoms with Gasteiger partial charge in [0.05, 0.1) is 25.9 Å². The van der Waals surface area contributed by atoms with Crippen molar-refractivity contribution >= 4 is 27.5 Å². The van der Waals surface area contributed by atoms with Crippen LogP contribution in [-0.4, -0.2) is 19.3 Å². The minimum atomic E-state index is 0.250. The van der Waals surface area contributed by atoms with Crippen LogP contribution >= 0.6 is 27.5 Å². The summed E-state index contributed by atoms with van der Waals surface area (Å²) >= 11 is 9.41. The van der Waals surface area contributed by atoms with Gasteiger partial charge in [-0.2, -0.15) is 0 Å². The fraction of sp³-hybridized carbons (Fsp3) is 0.500. The van der Waals surface area contributed by atoms with Crippen molar-refractivity contribution < 1.29 is 9.47 Å². The standard InChI is InChI=1S/C12H16BrClO2/c1-9(2)16-6-5-15-8-10-3-4-11(13)7-12(10)14/h3-4,7,9H,5-6,8H2,1-2H3.